The number of allylic oxidation sites excluding steroid dienone is 1. The Kier molecular flexibility index (Phi) is 7.30. The first-order valence-electron chi connectivity index (χ1n) is 9.07. The summed E-state index contributed by atoms with van der Waals surface area (Å²) in [4.78, 5) is 0. The zero-order valence-corrected chi connectivity index (χ0v) is 14.9. The molecule has 1 nitrogen and oxygen atoms in total. The van der Waals surface area contributed by atoms with Gasteiger partial charge in [-0.05, 0) is 54.0 Å². The maximum atomic E-state index is 9.50. The summed E-state index contributed by atoms with van der Waals surface area (Å²) >= 11 is 0. The second-order valence-corrected chi connectivity index (χ2v) is 6.32. The number of nitriles is 1. The lowest BCUT2D eigenvalue weighted by Crippen LogP contribution is -1.88. The van der Waals surface area contributed by atoms with Crippen LogP contribution in [0, 0.1) is 11.3 Å². The minimum absolute atomic E-state index is 0.721. The summed E-state index contributed by atoms with van der Waals surface area (Å²) in [6, 6.07) is 19.3. The third-order valence-corrected chi connectivity index (χ3v) is 4.31. The van der Waals surface area contributed by atoms with Crippen LogP contribution < -0.4 is 0 Å². The first-order chi connectivity index (χ1) is 11.8. The van der Waals surface area contributed by atoms with Crippen LogP contribution in [0.5, 0.6) is 0 Å². The Hall–Kier alpha value is -2.33. The summed E-state index contributed by atoms with van der Waals surface area (Å²) in [5.74, 6) is 0. The first-order valence-corrected chi connectivity index (χ1v) is 9.07. The Labute approximate surface area is 146 Å². The van der Waals surface area contributed by atoms with Crippen molar-refractivity contribution in [3.8, 4) is 6.07 Å². The van der Waals surface area contributed by atoms with Crippen LogP contribution >= 0.6 is 0 Å². The fourth-order valence-electron chi connectivity index (χ4n) is 2.74. The average Bonchev–Trinajstić information content (AvgIpc) is 2.64. The minimum atomic E-state index is 0.721. The van der Waals surface area contributed by atoms with Crippen molar-refractivity contribution < 1.29 is 0 Å². The van der Waals surface area contributed by atoms with E-state index in [2.05, 4.69) is 68.4 Å². The number of nitrogens with zero attached hydrogens (tertiary/aromatic N) is 1. The van der Waals surface area contributed by atoms with Crippen LogP contribution in [0.15, 0.2) is 48.5 Å². The van der Waals surface area contributed by atoms with E-state index < -0.39 is 0 Å². The van der Waals surface area contributed by atoms with Gasteiger partial charge in [-0.25, -0.2) is 0 Å². The van der Waals surface area contributed by atoms with E-state index >= 15 is 0 Å². The third-order valence-electron chi connectivity index (χ3n) is 4.31. The zero-order chi connectivity index (χ0) is 17.2. The van der Waals surface area contributed by atoms with Crippen molar-refractivity contribution in [2.45, 2.75) is 52.4 Å². The van der Waals surface area contributed by atoms with Crippen LogP contribution in [-0.2, 0) is 12.8 Å². The molecule has 0 atom stereocenters. The van der Waals surface area contributed by atoms with Crippen LogP contribution in [0.1, 0.15) is 61.8 Å². The maximum Gasteiger partial charge on any atom is 0.0998 e. The molecular weight excluding hydrogens is 290 g/mol. The molecule has 1 heteroatoms. The van der Waals surface area contributed by atoms with Gasteiger partial charge in [0, 0.05) is 0 Å². The summed E-state index contributed by atoms with van der Waals surface area (Å²) in [6.07, 6.45) is 9.08. The second kappa shape index (κ2) is 9.73. The highest BCUT2D eigenvalue weighted by molar-refractivity contribution is 5.89. The molecule has 24 heavy (non-hydrogen) atoms. The van der Waals surface area contributed by atoms with Crippen LogP contribution in [0.3, 0.4) is 0 Å². The van der Waals surface area contributed by atoms with E-state index in [1.54, 1.807) is 0 Å². The van der Waals surface area contributed by atoms with Gasteiger partial charge in [0.1, 0.15) is 0 Å². The van der Waals surface area contributed by atoms with Crippen LogP contribution in [0.2, 0.25) is 0 Å². The number of unbranched alkanes of at least 4 members (excludes halogenated alkanes) is 2. The van der Waals surface area contributed by atoms with Crippen molar-refractivity contribution in [1.82, 2.24) is 0 Å². The standard InChI is InChI=1S/C23H27N/c1-3-5-7-19-9-11-21(12-10-19)17-23(18-24)22-15-13-20(14-16-22)8-6-4-2/h9-17H,3-8H2,1-2H3. The SMILES string of the molecule is CCCCc1ccc(C=C(C#N)c2ccc(CCCC)cc2)cc1. The van der Waals surface area contributed by atoms with Crippen molar-refractivity contribution in [2.24, 2.45) is 0 Å². The Morgan fingerprint density at radius 1 is 0.833 bits per heavy atom. The number of benzene rings is 2. The van der Waals surface area contributed by atoms with Crippen molar-refractivity contribution >= 4 is 11.6 Å². The lowest BCUT2D eigenvalue weighted by molar-refractivity contribution is 0.795. The van der Waals surface area contributed by atoms with Crippen molar-refractivity contribution in [1.29, 1.82) is 5.26 Å². The zero-order valence-electron chi connectivity index (χ0n) is 14.9. The fraction of sp³-hybridized carbons (Fsp3) is 0.348. The van der Waals surface area contributed by atoms with Crippen molar-refractivity contribution in [3.63, 3.8) is 0 Å². The smallest absolute Gasteiger partial charge is 0.0998 e. The highest BCUT2D eigenvalue weighted by Crippen LogP contribution is 2.19. The molecule has 0 unspecified atom stereocenters. The molecule has 0 fully saturated rings. The van der Waals surface area contributed by atoms with E-state index in [0.717, 1.165) is 29.5 Å². The Morgan fingerprint density at radius 3 is 1.79 bits per heavy atom. The molecule has 124 valence electrons. The quantitative estimate of drug-likeness (QED) is 0.406. The molecule has 2 aromatic carbocycles. The van der Waals surface area contributed by atoms with E-state index in [4.69, 9.17) is 0 Å². The highest BCUT2D eigenvalue weighted by atomic mass is 14.2. The van der Waals surface area contributed by atoms with Gasteiger partial charge in [0.05, 0.1) is 11.6 Å². The molecule has 0 radical (unpaired) electrons. The predicted octanol–water partition coefficient (Wildman–Crippen LogP) is 6.44. The van der Waals surface area contributed by atoms with Crippen LogP contribution in [0.4, 0.5) is 0 Å². The number of hydrogen-bond donors (Lipinski definition) is 0. The predicted molar refractivity (Wildman–Crippen MR) is 104 cm³/mol. The number of aryl methyl sites for hydroxylation is 2. The Balaban J connectivity index is 2.12. The largest absolute Gasteiger partial charge is 0.192 e. The van der Waals surface area contributed by atoms with Gasteiger partial charge >= 0.3 is 0 Å². The number of rotatable bonds is 8. The highest BCUT2D eigenvalue weighted by Gasteiger charge is 2.02. The molecule has 0 aliphatic heterocycles. The van der Waals surface area contributed by atoms with E-state index in [1.165, 1.54) is 36.8 Å². The molecule has 2 aromatic rings. The monoisotopic (exact) mass is 317 g/mol. The summed E-state index contributed by atoms with van der Waals surface area (Å²) < 4.78 is 0. The third kappa shape index (κ3) is 5.39. The van der Waals surface area contributed by atoms with E-state index in [0.29, 0.717) is 0 Å². The van der Waals surface area contributed by atoms with Gasteiger partial charge in [-0.3, -0.25) is 0 Å². The second-order valence-electron chi connectivity index (χ2n) is 6.32. The molecule has 0 aliphatic carbocycles. The molecule has 2 rings (SSSR count). The number of hydrogen-bond acceptors (Lipinski definition) is 1. The molecule has 0 heterocycles. The molecule has 0 aromatic heterocycles. The summed E-state index contributed by atoms with van der Waals surface area (Å²) in [6.45, 7) is 4.42. The van der Waals surface area contributed by atoms with Gasteiger partial charge < -0.3 is 0 Å². The minimum Gasteiger partial charge on any atom is -0.192 e. The van der Waals surface area contributed by atoms with Crippen molar-refractivity contribution in [3.05, 3.63) is 70.8 Å². The molecule has 0 saturated carbocycles. The summed E-state index contributed by atoms with van der Waals surface area (Å²) in [5.41, 5.74) is 5.51. The van der Waals surface area contributed by atoms with Gasteiger partial charge in [-0.2, -0.15) is 5.26 Å². The van der Waals surface area contributed by atoms with Crippen LogP contribution in [0.25, 0.3) is 11.6 Å². The van der Waals surface area contributed by atoms with Gasteiger partial charge in [0.2, 0.25) is 0 Å². The van der Waals surface area contributed by atoms with Gasteiger partial charge in [-0.15, -0.1) is 0 Å². The molecule has 0 saturated heterocycles. The van der Waals surface area contributed by atoms with E-state index in [1.807, 2.05) is 6.08 Å². The molecule has 0 amide bonds. The summed E-state index contributed by atoms with van der Waals surface area (Å²) in [5, 5.41) is 9.50. The summed E-state index contributed by atoms with van der Waals surface area (Å²) in [7, 11) is 0. The molecular formula is C23H27N. The Morgan fingerprint density at radius 2 is 1.33 bits per heavy atom. The Bertz CT molecular complexity index is 684. The molecule has 0 N–H and O–H groups in total. The normalized spacial score (nSPS) is 11.3. The lowest BCUT2D eigenvalue weighted by atomic mass is 10.00. The molecule has 0 spiro atoms. The van der Waals surface area contributed by atoms with Gasteiger partial charge in [0.25, 0.3) is 0 Å². The first kappa shape index (κ1) is 18.0. The van der Waals surface area contributed by atoms with Crippen molar-refractivity contribution in [2.75, 3.05) is 0 Å². The maximum absolute atomic E-state index is 9.50. The van der Waals surface area contributed by atoms with E-state index in [-0.39, 0.29) is 0 Å². The van der Waals surface area contributed by atoms with Crippen LogP contribution in [-0.4, -0.2) is 0 Å². The molecule has 0 aliphatic rings. The van der Waals surface area contributed by atoms with Gasteiger partial charge in [-0.1, -0.05) is 75.2 Å². The fourth-order valence-corrected chi connectivity index (χ4v) is 2.74. The topological polar surface area (TPSA) is 23.8 Å². The van der Waals surface area contributed by atoms with E-state index in [9.17, 15) is 5.26 Å². The average molecular weight is 317 g/mol. The molecule has 0 bridgehead atoms. The van der Waals surface area contributed by atoms with Gasteiger partial charge in [0.15, 0.2) is 0 Å². The lowest BCUT2D eigenvalue weighted by Gasteiger charge is -2.04.